The second-order valence-corrected chi connectivity index (χ2v) is 6.11. The molecular weight excluding hydrogens is 286 g/mol. The van der Waals surface area contributed by atoms with Gasteiger partial charge in [-0.05, 0) is 18.4 Å². The predicted molar refractivity (Wildman–Crippen MR) is 71.1 cm³/mol. The quantitative estimate of drug-likeness (QED) is 0.251. The van der Waals surface area contributed by atoms with Crippen molar-refractivity contribution in [3.05, 3.63) is 22.1 Å². The summed E-state index contributed by atoms with van der Waals surface area (Å²) in [6.45, 7) is 3.57. The molecule has 0 amide bonds. The van der Waals surface area contributed by atoms with Crippen LogP contribution in [0.25, 0.3) is 10.4 Å². The summed E-state index contributed by atoms with van der Waals surface area (Å²) < 4.78 is 32.3. The summed E-state index contributed by atoms with van der Waals surface area (Å²) in [6, 6.07) is -0.653. The lowest BCUT2D eigenvalue weighted by Crippen LogP contribution is -2.36. The van der Waals surface area contributed by atoms with Crippen molar-refractivity contribution in [3.8, 4) is 0 Å². The molecule has 1 aliphatic carbocycles. The van der Waals surface area contributed by atoms with Crippen molar-refractivity contribution in [1.29, 1.82) is 0 Å². The molecule has 0 saturated carbocycles. The number of carbonyl (C=O) groups excluding carboxylic acids is 1. The van der Waals surface area contributed by atoms with Crippen LogP contribution < -0.4 is 0 Å². The SMILES string of the molecule is CCOC(=O)C1=C[C@@H](N=[N+]=[N-])[C@@H](C)[C@H](OS(C)(=O)=O)C1. The molecule has 0 aromatic rings. The zero-order valence-corrected chi connectivity index (χ0v) is 12.3. The summed E-state index contributed by atoms with van der Waals surface area (Å²) in [4.78, 5) is 14.4. The van der Waals surface area contributed by atoms with Gasteiger partial charge in [0.25, 0.3) is 10.1 Å². The van der Waals surface area contributed by atoms with E-state index in [1.54, 1.807) is 13.8 Å². The van der Waals surface area contributed by atoms with Crippen LogP contribution in [-0.2, 0) is 23.8 Å². The number of esters is 1. The van der Waals surface area contributed by atoms with Crippen LogP contribution in [0.5, 0.6) is 0 Å². The van der Waals surface area contributed by atoms with E-state index in [9.17, 15) is 13.2 Å². The third kappa shape index (κ3) is 4.52. The summed E-state index contributed by atoms with van der Waals surface area (Å²) in [7, 11) is -3.67. The van der Waals surface area contributed by atoms with Crippen molar-refractivity contribution in [2.75, 3.05) is 12.9 Å². The number of azide groups is 1. The monoisotopic (exact) mass is 303 g/mol. The average molecular weight is 303 g/mol. The topological polar surface area (TPSA) is 118 Å². The molecule has 0 N–H and O–H groups in total. The smallest absolute Gasteiger partial charge is 0.333 e. The Morgan fingerprint density at radius 3 is 2.75 bits per heavy atom. The van der Waals surface area contributed by atoms with E-state index in [1.165, 1.54) is 6.08 Å². The van der Waals surface area contributed by atoms with Gasteiger partial charge in [0.1, 0.15) is 0 Å². The lowest BCUT2D eigenvalue weighted by Gasteiger charge is -2.31. The van der Waals surface area contributed by atoms with E-state index in [2.05, 4.69) is 10.0 Å². The zero-order chi connectivity index (χ0) is 15.3. The van der Waals surface area contributed by atoms with Crippen LogP contribution in [0.1, 0.15) is 20.3 Å². The van der Waals surface area contributed by atoms with Gasteiger partial charge in [0, 0.05) is 16.9 Å². The molecule has 0 aliphatic heterocycles. The van der Waals surface area contributed by atoms with Gasteiger partial charge in [-0.15, -0.1) is 0 Å². The molecule has 20 heavy (non-hydrogen) atoms. The Hall–Kier alpha value is -1.57. The van der Waals surface area contributed by atoms with Gasteiger partial charge >= 0.3 is 5.97 Å². The molecule has 1 aliphatic rings. The van der Waals surface area contributed by atoms with Gasteiger partial charge in [0.2, 0.25) is 0 Å². The van der Waals surface area contributed by atoms with Crippen LogP contribution in [0.4, 0.5) is 0 Å². The number of ether oxygens (including phenoxy) is 1. The first-order valence-electron chi connectivity index (χ1n) is 6.08. The molecule has 0 bridgehead atoms. The molecule has 0 aromatic heterocycles. The van der Waals surface area contributed by atoms with E-state index < -0.39 is 28.2 Å². The highest BCUT2D eigenvalue weighted by molar-refractivity contribution is 7.86. The van der Waals surface area contributed by atoms with Crippen molar-refractivity contribution in [2.24, 2.45) is 11.0 Å². The van der Waals surface area contributed by atoms with E-state index in [4.69, 9.17) is 14.5 Å². The van der Waals surface area contributed by atoms with Crippen molar-refractivity contribution < 1.29 is 22.1 Å². The molecule has 0 heterocycles. The highest BCUT2D eigenvalue weighted by atomic mass is 32.2. The first-order valence-corrected chi connectivity index (χ1v) is 7.90. The molecule has 1 rings (SSSR count). The predicted octanol–water partition coefficient (Wildman–Crippen LogP) is 1.54. The second-order valence-electron chi connectivity index (χ2n) is 4.51. The summed E-state index contributed by atoms with van der Waals surface area (Å²) in [6.07, 6.45) is 1.78. The molecule has 112 valence electrons. The molecule has 0 saturated heterocycles. The number of hydrogen-bond acceptors (Lipinski definition) is 6. The highest BCUT2D eigenvalue weighted by Crippen LogP contribution is 2.30. The molecule has 8 nitrogen and oxygen atoms in total. The Balaban J connectivity index is 3.05. The minimum atomic E-state index is -3.67. The number of rotatable bonds is 5. The van der Waals surface area contributed by atoms with Crippen LogP contribution in [0.3, 0.4) is 0 Å². The van der Waals surface area contributed by atoms with Gasteiger partial charge in [-0.25, -0.2) is 4.79 Å². The van der Waals surface area contributed by atoms with Gasteiger partial charge in [0.15, 0.2) is 0 Å². The van der Waals surface area contributed by atoms with Gasteiger partial charge < -0.3 is 4.74 Å². The molecular formula is C11H17N3O5S. The van der Waals surface area contributed by atoms with E-state index in [0.717, 1.165) is 6.26 Å². The van der Waals surface area contributed by atoms with E-state index in [0.29, 0.717) is 0 Å². The maximum absolute atomic E-state index is 11.7. The van der Waals surface area contributed by atoms with Crippen molar-refractivity contribution >= 4 is 16.1 Å². The summed E-state index contributed by atoms with van der Waals surface area (Å²) in [5, 5.41) is 3.56. The fraction of sp³-hybridized carbons (Fsp3) is 0.727. The van der Waals surface area contributed by atoms with Gasteiger partial charge in [-0.2, -0.15) is 8.42 Å². The maximum Gasteiger partial charge on any atom is 0.333 e. The minimum Gasteiger partial charge on any atom is -0.463 e. The fourth-order valence-corrected chi connectivity index (χ4v) is 2.66. The largest absolute Gasteiger partial charge is 0.463 e. The Bertz CT molecular complexity index is 550. The first kappa shape index (κ1) is 16.5. The van der Waals surface area contributed by atoms with Crippen LogP contribution in [0.2, 0.25) is 0 Å². The molecule has 0 fully saturated rings. The molecule has 0 radical (unpaired) electrons. The van der Waals surface area contributed by atoms with Gasteiger partial charge in [-0.1, -0.05) is 18.1 Å². The molecule has 9 heteroatoms. The third-order valence-corrected chi connectivity index (χ3v) is 3.54. The molecule has 0 aromatic carbocycles. The minimum absolute atomic E-state index is 0.102. The molecule has 0 unspecified atom stereocenters. The third-order valence-electron chi connectivity index (χ3n) is 2.94. The Morgan fingerprint density at radius 2 is 2.25 bits per heavy atom. The molecule has 0 spiro atoms. The van der Waals surface area contributed by atoms with Crippen LogP contribution in [0, 0.1) is 5.92 Å². The van der Waals surface area contributed by atoms with Crippen LogP contribution in [0.15, 0.2) is 16.8 Å². The van der Waals surface area contributed by atoms with E-state index in [1.807, 2.05) is 0 Å². The van der Waals surface area contributed by atoms with E-state index >= 15 is 0 Å². The Morgan fingerprint density at radius 1 is 1.60 bits per heavy atom. The highest BCUT2D eigenvalue weighted by Gasteiger charge is 2.35. The van der Waals surface area contributed by atoms with E-state index in [-0.39, 0.29) is 24.5 Å². The summed E-state index contributed by atoms with van der Waals surface area (Å²) in [5.74, 6) is -0.918. The molecule has 3 atom stereocenters. The average Bonchev–Trinajstić information content (AvgIpc) is 2.32. The Kier molecular flexibility index (Phi) is 5.55. The normalized spacial score (nSPS) is 26.4. The Labute approximate surface area is 117 Å². The summed E-state index contributed by atoms with van der Waals surface area (Å²) >= 11 is 0. The fourth-order valence-electron chi connectivity index (χ4n) is 1.97. The number of carbonyl (C=O) groups is 1. The number of nitrogens with zero attached hydrogens (tertiary/aromatic N) is 3. The summed E-state index contributed by atoms with van der Waals surface area (Å²) in [5.41, 5.74) is 8.80. The van der Waals surface area contributed by atoms with Crippen LogP contribution in [-0.4, -0.2) is 39.4 Å². The standard InChI is InChI=1S/C11H17N3O5S/c1-4-18-11(15)8-5-9(13-14-12)7(2)10(6-8)19-20(3,16)17/h5,7,9-10H,4,6H2,1-3H3/t7-,9-,10-/m1/s1. The first-order chi connectivity index (χ1) is 9.28. The maximum atomic E-state index is 11.7. The second kappa shape index (κ2) is 6.74. The van der Waals surface area contributed by atoms with Crippen LogP contribution >= 0.6 is 0 Å². The van der Waals surface area contributed by atoms with Gasteiger partial charge in [-0.3, -0.25) is 4.18 Å². The lowest BCUT2D eigenvalue weighted by atomic mass is 9.85. The lowest BCUT2D eigenvalue weighted by molar-refractivity contribution is -0.139. The van der Waals surface area contributed by atoms with Crippen molar-refractivity contribution in [3.63, 3.8) is 0 Å². The van der Waals surface area contributed by atoms with Crippen molar-refractivity contribution in [1.82, 2.24) is 0 Å². The zero-order valence-electron chi connectivity index (χ0n) is 11.5. The van der Waals surface area contributed by atoms with Gasteiger partial charge in [0.05, 0.1) is 25.0 Å². The number of hydrogen-bond donors (Lipinski definition) is 0. The van der Waals surface area contributed by atoms with Crippen molar-refractivity contribution in [2.45, 2.75) is 32.4 Å².